The molecule has 9 heteroatoms. The maximum atomic E-state index is 12.2. The number of aliphatic imine (C=N–C) groups is 1. The van der Waals surface area contributed by atoms with Gasteiger partial charge in [-0.2, -0.15) is 0 Å². The summed E-state index contributed by atoms with van der Waals surface area (Å²) in [4.78, 5) is 38.4. The molecular weight excluding hydrogens is 366 g/mol. The van der Waals surface area contributed by atoms with E-state index in [-0.39, 0.29) is 29.7 Å². The minimum atomic E-state index is -0.928. The quantitative estimate of drug-likeness (QED) is 0.221. The van der Waals surface area contributed by atoms with Gasteiger partial charge in [0, 0.05) is 24.9 Å². The molecule has 3 rings (SSSR count). The monoisotopic (exact) mass is 381 g/mol. The second kappa shape index (κ2) is 8.12. The molecule has 0 aliphatic rings. The molecule has 2 N–H and O–H groups in total. The highest BCUT2D eigenvalue weighted by molar-refractivity contribution is 6.01. The molecular formula is C19H15N3O6. The number of rotatable bonds is 6. The molecule has 0 spiro atoms. The molecule has 0 aliphatic heterocycles. The second-order valence-corrected chi connectivity index (χ2v) is 5.75. The summed E-state index contributed by atoms with van der Waals surface area (Å²) in [6.07, 6.45) is 1.51. The standard InChI is InChI=1S/C19H15N3O6/c23-17-14-3-1-2-4-15(14)28-19(25)16(17)18(24)21-10-9-20-11-12-5-7-13(8-6-12)22(26)27/h1-8,11,23H,9-10H2,(H,21,24). The van der Waals surface area contributed by atoms with Gasteiger partial charge in [-0.25, -0.2) is 4.79 Å². The summed E-state index contributed by atoms with van der Waals surface area (Å²) in [5, 5.41) is 23.6. The highest BCUT2D eigenvalue weighted by atomic mass is 16.6. The molecule has 142 valence electrons. The van der Waals surface area contributed by atoms with Gasteiger partial charge >= 0.3 is 5.63 Å². The van der Waals surface area contributed by atoms with Crippen molar-refractivity contribution in [2.24, 2.45) is 4.99 Å². The number of para-hydroxylation sites is 1. The van der Waals surface area contributed by atoms with E-state index >= 15 is 0 Å². The number of non-ortho nitro benzene ring substituents is 1. The lowest BCUT2D eigenvalue weighted by atomic mass is 10.1. The number of nitrogens with one attached hydrogen (secondary N) is 1. The van der Waals surface area contributed by atoms with Crippen molar-refractivity contribution in [3.63, 3.8) is 0 Å². The minimum Gasteiger partial charge on any atom is -0.506 e. The van der Waals surface area contributed by atoms with Gasteiger partial charge in [0.05, 0.1) is 16.9 Å². The first-order valence-corrected chi connectivity index (χ1v) is 8.24. The van der Waals surface area contributed by atoms with Crippen molar-refractivity contribution in [2.75, 3.05) is 13.1 Å². The lowest BCUT2D eigenvalue weighted by Gasteiger charge is -2.06. The lowest BCUT2D eigenvalue weighted by Crippen LogP contribution is -2.30. The van der Waals surface area contributed by atoms with Crippen LogP contribution in [0.15, 0.2) is 62.7 Å². The summed E-state index contributed by atoms with van der Waals surface area (Å²) in [7, 11) is 0. The van der Waals surface area contributed by atoms with Gasteiger partial charge < -0.3 is 14.8 Å². The van der Waals surface area contributed by atoms with Gasteiger partial charge in [-0.05, 0) is 29.8 Å². The van der Waals surface area contributed by atoms with Gasteiger partial charge in [-0.15, -0.1) is 0 Å². The van der Waals surface area contributed by atoms with E-state index in [2.05, 4.69) is 10.3 Å². The van der Waals surface area contributed by atoms with Gasteiger partial charge in [-0.3, -0.25) is 19.9 Å². The fourth-order valence-corrected chi connectivity index (χ4v) is 2.51. The first-order valence-electron chi connectivity index (χ1n) is 8.24. The zero-order chi connectivity index (χ0) is 20.1. The molecule has 1 amide bonds. The molecule has 0 saturated heterocycles. The maximum Gasteiger partial charge on any atom is 0.353 e. The minimum absolute atomic E-state index is 0.0153. The van der Waals surface area contributed by atoms with E-state index in [1.165, 1.54) is 24.4 Å². The van der Waals surface area contributed by atoms with Crippen LogP contribution in [0.1, 0.15) is 15.9 Å². The number of nitro groups is 1. The van der Waals surface area contributed by atoms with E-state index in [1.807, 2.05) is 0 Å². The first kappa shape index (κ1) is 18.8. The fraction of sp³-hybridized carbons (Fsp3) is 0.105. The van der Waals surface area contributed by atoms with Crippen LogP contribution < -0.4 is 10.9 Å². The number of carbonyl (C=O) groups excluding carboxylic acids is 1. The number of nitro benzene ring substituents is 1. The average molecular weight is 381 g/mol. The first-order chi connectivity index (χ1) is 13.5. The number of fused-ring (bicyclic) bond motifs is 1. The lowest BCUT2D eigenvalue weighted by molar-refractivity contribution is -0.384. The van der Waals surface area contributed by atoms with Crippen molar-refractivity contribution in [3.05, 3.63) is 80.2 Å². The Balaban J connectivity index is 1.61. The van der Waals surface area contributed by atoms with E-state index in [4.69, 9.17) is 4.42 Å². The SMILES string of the molecule is O=C(NCCN=Cc1ccc([N+](=O)[O-])cc1)c1c(O)c2ccccc2oc1=O. The highest BCUT2D eigenvalue weighted by Crippen LogP contribution is 2.25. The van der Waals surface area contributed by atoms with Gasteiger partial charge in [0.2, 0.25) is 0 Å². The molecule has 0 fully saturated rings. The van der Waals surface area contributed by atoms with Crippen LogP contribution in [-0.4, -0.2) is 35.2 Å². The smallest absolute Gasteiger partial charge is 0.353 e. The number of nitrogens with zero attached hydrogens (tertiary/aromatic N) is 2. The number of aromatic hydroxyl groups is 1. The fourth-order valence-electron chi connectivity index (χ4n) is 2.51. The Bertz CT molecular complexity index is 1120. The van der Waals surface area contributed by atoms with E-state index in [0.717, 1.165) is 0 Å². The van der Waals surface area contributed by atoms with Crippen LogP contribution in [0, 0.1) is 10.1 Å². The molecule has 0 bridgehead atoms. The van der Waals surface area contributed by atoms with Crippen molar-refractivity contribution < 1.29 is 19.2 Å². The molecule has 0 unspecified atom stereocenters. The third kappa shape index (κ3) is 4.04. The van der Waals surface area contributed by atoms with Crippen LogP contribution in [0.3, 0.4) is 0 Å². The van der Waals surface area contributed by atoms with Crippen LogP contribution in [0.4, 0.5) is 5.69 Å². The number of amides is 1. The van der Waals surface area contributed by atoms with Crippen LogP contribution in [0.5, 0.6) is 5.75 Å². The van der Waals surface area contributed by atoms with Crippen molar-refractivity contribution in [2.45, 2.75) is 0 Å². The van der Waals surface area contributed by atoms with Crippen molar-refractivity contribution in [3.8, 4) is 5.75 Å². The summed E-state index contributed by atoms with van der Waals surface area (Å²) in [6.45, 7) is 0.330. The summed E-state index contributed by atoms with van der Waals surface area (Å²) >= 11 is 0. The number of benzene rings is 2. The Morgan fingerprint density at radius 1 is 1.21 bits per heavy atom. The molecule has 1 heterocycles. The third-order valence-corrected chi connectivity index (χ3v) is 3.88. The van der Waals surface area contributed by atoms with Gasteiger partial charge in [0.15, 0.2) is 5.56 Å². The predicted molar refractivity (Wildman–Crippen MR) is 102 cm³/mol. The molecule has 0 radical (unpaired) electrons. The molecule has 2 aromatic carbocycles. The van der Waals surface area contributed by atoms with E-state index in [0.29, 0.717) is 5.56 Å². The normalized spacial score (nSPS) is 11.0. The second-order valence-electron chi connectivity index (χ2n) is 5.75. The number of carbonyl (C=O) groups is 1. The van der Waals surface area contributed by atoms with Crippen LogP contribution in [0.2, 0.25) is 0 Å². The van der Waals surface area contributed by atoms with Crippen molar-refractivity contribution in [1.29, 1.82) is 0 Å². The Hall–Kier alpha value is -4.01. The van der Waals surface area contributed by atoms with E-state index in [1.54, 1.807) is 30.3 Å². The molecule has 9 nitrogen and oxygen atoms in total. The summed E-state index contributed by atoms with van der Waals surface area (Å²) in [5.41, 5.74) is -0.543. The highest BCUT2D eigenvalue weighted by Gasteiger charge is 2.20. The Kier molecular flexibility index (Phi) is 5.45. The van der Waals surface area contributed by atoms with Crippen LogP contribution in [-0.2, 0) is 0 Å². The van der Waals surface area contributed by atoms with Crippen LogP contribution in [0.25, 0.3) is 11.0 Å². The van der Waals surface area contributed by atoms with E-state index < -0.39 is 27.8 Å². The zero-order valence-electron chi connectivity index (χ0n) is 14.5. The van der Waals surface area contributed by atoms with E-state index in [9.17, 15) is 24.8 Å². The average Bonchev–Trinajstić information content (AvgIpc) is 2.68. The zero-order valence-corrected chi connectivity index (χ0v) is 14.5. The van der Waals surface area contributed by atoms with Crippen molar-refractivity contribution >= 4 is 28.8 Å². The molecule has 0 saturated carbocycles. The summed E-state index contributed by atoms with van der Waals surface area (Å²) in [5.74, 6) is -1.19. The molecule has 0 aliphatic carbocycles. The predicted octanol–water partition coefficient (Wildman–Crippen LogP) is 2.26. The molecule has 1 aromatic heterocycles. The number of hydrogen-bond acceptors (Lipinski definition) is 7. The van der Waals surface area contributed by atoms with Crippen LogP contribution >= 0.6 is 0 Å². The molecule has 28 heavy (non-hydrogen) atoms. The Labute approximate surface area is 158 Å². The van der Waals surface area contributed by atoms with Gasteiger partial charge in [-0.1, -0.05) is 12.1 Å². The molecule has 0 atom stereocenters. The largest absolute Gasteiger partial charge is 0.506 e. The molecule has 3 aromatic rings. The summed E-state index contributed by atoms with van der Waals surface area (Å²) in [6, 6.07) is 12.2. The Morgan fingerprint density at radius 3 is 2.64 bits per heavy atom. The maximum absolute atomic E-state index is 12.2. The van der Waals surface area contributed by atoms with Gasteiger partial charge in [0.25, 0.3) is 11.6 Å². The third-order valence-electron chi connectivity index (χ3n) is 3.88. The van der Waals surface area contributed by atoms with Gasteiger partial charge in [0.1, 0.15) is 11.3 Å². The summed E-state index contributed by atoms with van der Waals surface area (Å²) < 4.78 is 5.05. The van der Waals surface area contributed by atoms with Crippen molar-refractivity contribution in [1.82, 2.24) is 5.32 Å². The topological polar surface area (TPSA) is 135 Å². The Morgan fingerprint density at radius 2 is 1.93 bits per heavy atom. The number of hydrogen-bond donors (Lipinski definition) is 2.